The molecule has 0 spiro atoms. The Morgan fingerprint density at radius 2 is 2.09 bits per heavy atom. The van der Waals surface area contributed by atoms with Crippen molar-refractivity contribution >= 4 is 23.4 Å². The first-order valence-electron chi connectivity index (χ1n) is 7.05. The molecule has 0 bridgehead atoms. The quantitative estimate of drug-likeness (QED) is 0.888. The van der Waals surface area contributed by atoms with Crippen LogP contribution in [0, 0.1) is 11.6 Å². The lowest BCUT2D eigenvalue weighted by atomic mass is 10.2. The highest BCUT2D eigenvalue weighted by molar-refractivity contribution is 6.33. The highest BCUT2D eigenvalue weighted by Gasteiger charge is 2.30. The summed E-state index contributed by atoms with van der Waals surface area (Å²) in [6.45, 7) is 6.27. The molecule has 2 rings (SSSR count). The van der Waals surface area contributed by atoms with Gasteiger partial charge < -0.3 is 15.0 Å². The Morgan fingerprint density at radius 1 is 1.41 bits per heavy atom. The van der Waals surface area contributed by atoms with Crippen molar-refractivity contribution in [2.45, 2.75) is 38.8 Å². The zero-order chi connectivity index (χ0) is 16.5. The molecule has 122 valence electrons. The summed E-state index contributed by atoms with van der Waals surface area (Å²) in [4.78, 5) is 13.5. The van der Waals surface area contributed by atoms with Crippen LogP contribution >= 0.6 is 11.6 Å². The van der Waals surface area contributed by atoms with E-state index in [0.717, 1.165) is 12.1 Å². The Labute approximate surface area is 133 Å². The molecule has 1 fully saturated rings. The van der Waals surface area contributed by atoms with Crippen LogP contribution in [-0.2, 0) is 4.74 Å². The van der Waals surface area contributed by atoms with Gasteiger partial charge >= 0.3 is 6.09 Å². The molecule has 22 heavy (non-hydrogen) atoms. The van der Waals surface area contributed by atoms with E-state index in [-0.39, 0.29) is 16.8 Å². The van der Waals surface area contributed by atoms with E-state index in [1.54, 1.807) is 25.7 Å². The molecule has 0 aromatic heterocycles. The lowest BCUT2D eigenvalue weighted by Gasteiger charge is -2.24. The molecule has 1 saturated heterocycles. The lowest BCUT2D eigenvalue weighted by molar-refractivity contribution is 0.0293. The van der Waals surface area contributed by atoms with Crippen LogP contribution in [0.5, 0.6) is 0 Å². The monoisotopic (exact) mass is 332 g/mol. The fraction of sp³-hybridized carbons (Fsp3) is 0.533. The number of nitrogens with one attached hydrogen (secondary N) is 1. The molecule has 1 amide bonds. The van der Waals surface area contributed by atoms with Gasteiger partial charge in [0, 0.05) is 25.2 Å². The van der Waals surface area contributed by atoms with Crippen LogP contribution in [0.1, 0.15) is 27.2 Å². The van der Waals surface area contributed by atoms with Crippen LogP contribution in [0.4, 0.5) is 19.3 Å². The molecule has 1 unspecified atom stereocenters. The van der Waals surface area contributed by atoms with Crippen molar-refractivity contribution in [2.24, 2.45) is 0 Å². The number of ether oxygens (including phenoxy) is 1. The first kappa shape index (κ1) is 16.8. The van der Waals surface area contributed by atoms with Crippen molar-refractivity contribution < 1.29 is 18.3 Å². The summed E-state index contributed by atoms with van der Waals surface area (Å²) in [7, 11) is 0. The van der Waals surface area contributed by atoms with Crippen LogP contribution < -0.4 is 5.32 Å². The van der Waals surface area contributed by atoms with Gasteiger partial charge in [-0.25, -0.2) is 13.6 Å². The summed E-state index contributed by atoms with van der Waals surface area (Å²) in [5.74, 6) is -1.48. The number of halogens is 3. The topological polar surface area (TPSA) is 41.6 Å². The molecule has 1 aliphatic rings. The molecule has 1 aliphatic heterocycles. The van der Waals surface area contributed by atoms with E-state index in [1.165, 1.54) is 0 Å². The minimum atomic E-state index is -0.749. The van der Waals surface area contributed by atoms with Crippen molar-refractivity contribution in [3.05, 3.63) is 28.8 Å². The van der Waals surface area contributed by atoms with Gasteiger partial charge in [-0.2, -0.15) is 0 Å². The third-order valence-electron chi connectivity index (χ3n) is 3.20. The lowest BCUT2D eigenvalue weighted by Crippen LogP contribution is -2.36. The van der Waals surface area contributed by atoms with Crippen LogP contribution in [0.2, 0.25) is 5.02 Å². The Morgan fingerprint density at radius 3 is 2.68 bits per heavy atom. The third kappa shape index (κ3) is 4.22. The summed E-state index contributed by atoms with van der Waals surface area (Å²) >= 11 is 5.85. The fourth-order valence-corrected chi connectivity index (χ4v) is 2.50. The van der Waals surface area contributed by atoms with E-state index < -0.39 is 23.3 Å². The number of carbonyl (C=O) groups is 1. The maximum absolute atomic E-state index is 13.8. The van der Waals surface area contributed by atoms with E-state index in [0.29, 0.717) is 19.5 Å². The molecule has 7 heteroatoms. The number of hydrogen-bond donors (Lipinski definition) is 1. The van der Waals surface area contributed by atoms with Gasteiger partial charge in [-0.15, -0.1) is 0 Å². The van der Waals surface area contributed by atoms with Crippen molar-refractivity contribution in [1.82, 2.24) is 4.90 Å². The van der Waals surface area contributed by atoms with Crippen molar-refractivity contribution in [3.8, 4) is 0 Å². The summed E-state index contributed by atoms with van der Waals surface area (Å²) in [5, 5.41) is 2.91. The van der Waals surface area contributed by atoms with Crippen LogP contribution in [-0.4, -0.2) is 35.7 Å². The summed E-state index contributed by atoms with van der Waals surface area (Å²) in [6.07, 6.45) is 0.231. The molecule has 1 atom stereocenters. The van der Waals surface area contributed by atoms with Gasteiger partial charge in [0.05, 0.1) is 10.7 Å². The number of benzene rings is 1. The van der Waals surface area contributed by atoms with Gasteiger partial charge in [0.1, 0.15) is 11.4 Å². The number of anilines is 1. The predicted molar refractivity (Wildman–Crippen MR) is 81.2 cm³/mol. The second-order valence-electron chi connectivity index (χ2n) is 6.30. The van der Waals surface area contributed by atoms with Gasteiger partial charge in [-0.3, -0.25) is 0 Å². The zero-order valence-corrected chi connectivity index (χ0v) is 13.5. The molecule has 1 aromatic carbocycles. The maximum atomic E-state index is 13.8. The average Bonchev–Trinajstić information content (AvgIpc) is 2.80. The summed E-state index contributed by atoms with van der Waals surface area (Å²) < 4.78 is 32.1. The van der Waals surface area contributed by atoms with E-state index >= 15 is 0 Å². The average molecular weight is 333 g/mol. The molecule has 1 N–H and O–H groups in total. The highest BCUT2D eigenvalue weighted by atomic mass is 35.5. The third-order valence-corrected chi connectivity index (χ3v) is 3.49. The molecular weight excluding hydrogens is 314 g/mol. The number of carbonyl (C=O) groups excluding carboxylic acids is 1. The van der Waals surface area contributed by atoms with Gasteiger partial charge in [-0.1, -0.05) is 11.6 Å². The van der Waals surface area contributed by atoms with Crippen molar-refractivity contribution in [1.29, 1.82) is 0 Å². The van der Waals surface area contributed by atoms with E-state index in [2.05, 4.69) is 5.32 Å². The van der Waals surface area contributed by atoms with Gasteiger partial charge in [0.25, 0.3) is 0 Å². The van der Waals surface area contributed by atoms with Crippen LogP contribution in [0.15, 0.2) is 12.1 Å². The Bertz CT molecular complexity index is 552. The van der Waals surface area contributed by atoms with Gasteiger partial charge in [0.2, 0.25) is 0 Å². The minimum absolute atomic E-state index is 0.0202. The van der Waals surface area contributed by atoms with Crippen molar-refractivity contribution in [2.75, 3.05) is 18.4 Å². The van der Waals surface area contributed by atoms with E-state index in [9.17, 15) is 13.6 Å². The first-order valence-corrected chi connectivity index (χ1v) is 7.42. The molecule has 1 heterocycles. The Kier molecular flexibility index (Phi) is 4.80. The fourth-order valence-electron chi connectivity index (χ4n) is 2.25. The highest BCUT2D eigenvalue weighted by Crippen LogP contribution is 2.28. The maximum Gasteiger partial charge on any atom is 0.410 e. The number of likely N-dealkylation sites (tertiary alicyclic amines) is 1. The summed E-state index contributed by atoms with van der Waals surface area (Å²) in [6, 6.07) is 1.66. The van der Waals surface area contributed by atoms with Crippen LogP contribution in [0.3, 0.4) is 0 Å². The number of hydrogen-bond acceptors (Lipinski definition) is 3. The summed E-state index contributed by atoms with van der Waals surface area (Å²) in [5.41, 5.74) is -0.506. The molecule has 0 saturated carbocycles. The second kappa shape index (κ2) is 6.28. The van der Waals surface area contributed by atoms with E-state index in [1.807, 2.05) is 0 Å². The molecule has 0 radical (unpaired) electrons. The smallest absolute Gasteiger partial charge is 0.410 e. The largest absolute Gasteiger partial charge is 0.444 e. The molecular formula is C15H19ClF2N2O2. The molecule has 4 nitrogen and oxygen atoms in total. The standard InChI is InChI=1S/C15H19ClF2N2O2/c1-15(2,3)22-14(21)20-5-4-10(8-20)19-13-11(16)6-9(17)7-12(13)18/h6-7,10,19H,4-5,8H2,1-3H3. The van der Waals surface area contributed by atoms with E-state index in [4.69, 9.17) is 16.3 Å². The zero-order valence-electron chi connectivity index (χ0n) is 12.8. The second-order valence-corrected chi connectivity index (χ2v) is 6.71. The van der Waals surface area contributed by atoms with Gasteiger partial charge in [0.15, 0.2) is 5.82 Å². The minimum Gasteiger partial charge on any atom is -0.444 e. The number of nitrogens with zero attached hydrogens (tertiary/aromatic N) is 1. The number of rotatable bonds is 2. The SMILES string of the molecule is CC(C)(C)OC(=O)N1CCC(Nc2c(F)cc(F)cc2Cl)C1. The van der Waals surface area contributed by atoms with Crippen molar-refractivity contribution in [3.63, 3.8) is 0 Å². The molecule has 1 aromatic rings. The van der Waals surface area contributed by atoms with Gasteiger partial charge in [-0.05, 0) is 33.3 Å². The Balaban J connectivity index is 1.99. The predicted octanol–water partition coefficient (Wildman–Crippen LogP) is 4.04. The van der Waals surface area contributed by atoms with Crippen LogP contribution in [0.25, 0.3) is 0 Å². The Hall–Kier alpha value is -1.56. The number of amides is 1. The normalized spacial score (nSPS) is 18.5. The molecule has 0 aliphatic carbocycles. The first-order chi connectivity index (χ1) is 10.2.